The van der Waals surface area contributed by atoms with Gasteiger partial charge in [0, 0.05) is 12.1 Å². The van der Waals surface area contributed by atoms with E-state index in [0.717, 1.165) is 6.07 Å². The highest BCUT2D eigenvalue weighted by Gasteiger charge is 2.26. The molecule has 0 atom stereocenters. The molecule has 1 heterocycles. The second-order valence-corrected chi connectivity index (χ2v) is 7.15. The van der Waals surface area contributed by atoms with Gasteiger partial charge in [0.05, 0.1) is 28.5 Å². The van der Waals surface area contributed by atoms with E-state index >= 15 is 0 Å². The van der Waals surface area contributed by atoms with E-state index in [9.17, 15) is 19.7 Å². The summed E-state index contributed by atoms with van der Waals surface area (Å²) in [5, 5.41) is 10.9. The first-order chi connectivity index (χ1) is 14.7. The second-order valence-electron chi connectivity index (χ2n) is 6.74. The molecule has 0 amide bonds. The number of ether oxygens (including phenoxy) is 3. The number of nitro groups is 1. The summed E-state index contributed by atoms with van der Waals surface area (Å²) in [6, 6.07) is 8.49. The lowest BCUT2D eigenvalue weighted by Gasteiger charge is -2.11. The van der Waals surface area contributed by atoms with Gasteiger partial charge in [-0.3, -0.25) is 14.9 Å². The van der Waals surface area contributed by atoms with Gasteiger partial charge in [-0.25, -0.2) is 9.79 Å². The van der Waals surface area contributed by atoms with Gasteiger partial charge in [0.25, 0.3) is 5.69 Å². The number of hydrogen-bond acceptors (Lipinski definition) is 8. The molecule has 0 saturated carbocycles. The van der Waals surface area contributed by atoms with Gasteiger partial charge in [-0.1, -0.05) is 31.5 Å². The molecule has 0 radical (unpaired) electrons. The number of benzene rings is 2. The molecule has 10 heteroatoms. The lowest BCUT2D eigenvalue weighted by atomic mass is 10.1. The molecule has 2 aromatic carbocycles. The van der Waals surface area contributed by atoms with Crippen LogP contribution in [0.1, 0.15) is 25.0 Å². The maximum Gasteiger partial charge on any atom is 0.363 e. The number of non-ortho nitro benzene ring substituents is 1. The quantitative estimate of drug-likeness (QED) is 0.216. The molecule has 9 nitrogen and oxygen atoms in total. The molecule has 2 aromatic rings. The van der Waals surface area contributed by atoms with Crippen molar-refractivity contribution in [1.82, 2.24) is 0 Å². The molecule has 0 N–H and O–H groups in total. The number of rotatable bonds is 6. The summed E-state index contributed by atoms with van der Waals surface area (Å²) in [4.78, 5) is 38.5. The van der Waals surface area contributed by atoms with Crippen LogP contribution in [-0.2, 0) is 14.3 Å². The van der Waals surface area contributed by atoms with Crippen LogP contribution in [-0.4, -0.2) is 29.9 Å². The molecule has 160 valence electrons. The van der Waals surface area contributed by atoms with E-state index in [0.29, 0.717) is 11.3 Å². The average Bonchev–Trinajstić information content (AvgIpc) is 3.08. The Morgan fingerprint density at radius 3 is 2.58 bits per heavy atom. The van der Waals surface area contributed by atoms with Crippen molar-refractivity contribution in [2.45, 2.75) is 13.8 Å². The van der Waals surface area contributed by atoms with Crippen LogP contribution < -0.4 is 9.47 Å². The monoisotopic (exact) mass is 444 g/mol. The van der Waals surface area contributed by atoms with Crippen LogP contribution in [0, 0.1) is 16.0 Å². The number of cyclic esters (lactones) is 1. The van der Waals surface area contributed by atoms with Crippen molar-refractivity contribution in [3.63, 3.8) is 0 Å². The van der Waals surface area contributed by atoms with Crippen molar-refractivity contribution in [2.75, 3.05) is 7.11 Å². The minimum atomic E-state index is -0.710. The number of aliphatic imine (C=N–C) groups is 1. The minimum absolute atomic E-state index is 0.00148. The Bertz CT molecular complexity index is 1140. The summed E-state index contributed by atoms with van der Waals surface area (Å²) in [5.74, 6) is -0.933. The number of carbonyl (C=O) groups excluding carboxylic acids is 2. The third kappa shape index (κ3) is 4.89. The van der Waals surface area contributed by atoms with Crippen LogP contribution in [0.2, 0.25) is 5.02 Å². The highest BCUT2D eigenvalue weighted by Crippen LogP contribution is 2.31. The van der Waals surface area contributed by atoms with Crippen LogP contribution in [0.3, 0.4) is 0 Å². The van der Waals surface area contributed by atoms with Crippen LogP contribution in [0.5, 0.6) is 11.5 Å². The summed E-state index contributed by atoms with van der Waals surface area (Å²) in [6.45, 7) is 3.43. The SMILES string of the molecule is COc1cc(/C=C2/N=C(c3ccc([N+](=O)[O-])cc3Cl)OC2=O)ccc1OC(=O)C(C)C. The highest BCUT2D eigenvalue weighted by atomic mass is 35.5. The standard InChI is InChI=1S/C21H17ClN2O7/c1-11(2)20(25)30-17-7-4-12(9-18(17)29-3)8-16-21(26)31-19(23-16)14-6-5-13(24(27)28)10-15(14)22/h4-11H,1-3H3/b16-8+. The maximum atomic E-state index is 12.2. The summed E-state index contributed by atoms with van der Waals surface area (Å²) < 4.78 is 15.7. The Hall–Kier alpha value is -3.72. The predicted octanol–water partition coefficient (Wildman–Crippen LogP) is 4.16. The number of methoxy groups -OCH3 is 1. The molecule has 1 aliphatic heterocycles. The van der Waals surface area contributed by atoms with E-state index in [1.54, 1.807) is 32.0 Å². The first kappa shape index (κ1) is 22.0. The van der Waals surface area contributed by atoms with E-state index in [-0.39, 0.29) is 39.5 Å². The van der Waals surface area contributed by atoms with Crippen LogP contribution >= 0.6 is 11.6 Å². The van der Waals surface area contributed by atoms with Gasteiger partial charge < -0.3 is 14.2 Å². The van der Waals surface area contributed by atoms with Gasteiger partial charge >= 0.3 is 11.9 Å². The van der Waals surface area contributed by atoms with Gasteiger partial charge in [0.15, 0.2) is 17.2 Å². The fourth-order valence-electron chi connectivity index (χ4n) is 2.56. The van der Waals surface area contributed by atoms with Gasteiger partial charge in [0.2, 0.25) is 5.90 Å². The molecule has 0 bridgehead atoms. The Morgan fingerprint density at radius 2 is 1.97 bits per heavy atom. The highest BCUT2D eigenvalue weighted by molar-refractivity contribution is 6.34. The molecule has 1 aliphatic rings. The van der Waals surface area contributed by atoms with Crippen molar-refractivity contribution < 1.29 is 28.7 Å². The van der Waals surface area contributed by atoms with E-state index in [1.165, 1.54) is 25.3 Å². The Balaban J connectivity index is 1.90. The second kappa shape index (κ2) is 8.97. The van der Waals surface area contributed by atoms with Crippen molar-refractivity contribution in [2.24, 2.45) is 10.9 Å². The maximum absolute atomic E-state index is 12.2. The number of nitro benzene ring substituents is 1. The van der Waals surface area contributed by atoms with Crippen molar-refractivity contribution in [3.05, 3.63) is 68.4 Å². The van der Waals surface area contributed by atoms with Crippen molar-refractivity contribution in [3.8, 4) is 11.5 Å². The van der Waals surface area contributed by atoms with Crippen molar-refractivity contribution in [1.29, 1.82) is 0 Å². The third-order valence-electron chi connectivity index (χ3n) is 4.19. The first-order valence-corrected chi connectivity index (χ1v) is 9.44. The van der Waals surface area contributed by atoms with Gasteiger partial charge in [0.1, 0.15) is 0 Å². The Morgan fingerprint density at radius 1 is 1.23 bits per heavy atom. The number of nitrogens with zero attached hydrogens (tertiary/aromatic N) is 2. The zero-order valence-corrected chi connectivity index (χ0v) is 17.5. The first-order valence-electron chi connectivity index (χ1n) is 9.06. The molecule has 0 saturated heterocycles. The van der Waals surface area contributed by atoms with E-state index in [2.05, 4.69) is 4.99 Å². The molecule has 0 aromatic heterocycles. The van der Waals surface area contributed by atoms with Gasteiger partial charge in [-0.15, -0.1) is 0 Å². The average molecular weight is 445 g/mol. The summed E-state index contributed by atoms with van der Waals surface area (Å²) in [5.41, 5.74) is 0.601. The smallest absolute Gasteiger partial charge is 0.363 e. The predicted molar refractivity (Wildman–Crippen MR) is 112 cm³/mol. The lowest BCUT2D eigenvalue weighted by Crippen LogP contribution is -2.15. The zero-order chi connectivity index (χ0) is 22.7. The largest absolute Gasteiger partial charge is 0.493 e. The molecular formula is C21H17ClN2O7. The summed E-state index contributed by atoms with van der Waals surface area (Å²) >= 11 is 6.08. The molecule has 31 heavy (non-hydrogen) atoms. The fourth-order valence-corrected chi connectivity index (χ4v) is 2.81. The van der Waals surface area contributed by atoms with Crippen molar-refractivity contribution >= 4 is 41.2 Å². The zero-order valence-electron chi connectivity index (χ0n) is 16.7. The van der Waals surface area contributed by atoms with Gasteiger partial charge in [-0.2, -0.15) is 0 Å². The van der Waals surface area contributed by atoms with Crippen LogP contribution in [0.25, 0.3) is 6.08 Å². The van der Waals surface area contributed by atoms with E-state index < -0.39 is 16.9 Å². The summed E-state index contributed by atoms with van der Waals surface area (Å²) in [6.07, 6.45) is 1.46. The fraction of sp³-hybridized carbons (Fsp3) is 0.190. The Kier molecular flexibility index (Phi) is 6.36. The topological polar surface area (TPSA) is 117 Å². The molecule has 3 rings (SSSR count). The summed E-state index contributed by atoms with van der Waals surface area (Å²) in [7, 11) is 1.43. The molecule has 0 spiro atoms. The third-order valence-corrected chi connectivity index (χ3v) is 4.50. The van der Waals surface area contributed by atoms with Crippen LogP contribution in [0.15, 0.2) is 47.1 Å². The molecule has 0 unspecified atom stereocenters. The lowest BCUT2D eigenvalue weighted by molar-refractivity contribution is -0.384. The van der Waals surface area contributed by atoms with E-state index in [4.69, 9.17) is 25.8 Å². The molecular weight excluding hydrogens is 428 g/mol. The van der Waals surface area contributed by atoms with Gasteiger partial charge in [-0.05, 0) is 29.8 Å². The number of esters is 2. The molecule has 0 fully saturated rings. The minimum Gasteiger partial charge on any atom is -0.493 e. The number of carbonyl (C=O) groups is 2. The van der Waals surface area contributed by atoms with E-state index in [1.807, 2.05) is 0 Å². The van der Waals surface area contributed by atoms with Crippen LogP contribution in [0.4, 0.5) is 5.69 Å². The number of hydrogen-bond donors (Lipinski definition) is 0. The molecule has 0 aliphatic carbocycles. The normalized spacial score (nSPS) is 14.4. The number of halogens is 1. The Labute approximate surface area is 182 Å².